The highest BCUT2D eigenvalue weighted by atomic mass is 35.5. The molecule has 0 aromatic heterocycles. The Morgan fingerprint density at radius 1 is 1.30 bits per heavy atom. The molecule has 0 spiro atoms. The number of carbonyl (C=O) groups is 1. The Morgan fingerprint density at radius 2 is 2.10 bits per heavy atom. The van der Waals surface area contributed by atoms with Crippen molar-refractivity contribution in [3.8, 4) is 0 Å². The Hall–Kier alpha value is -0.900. The van der Waals surface area contributed by atoms with Crippen molar-refractivity contribution in [2.24, 2.45) is 0 Å². The first kappa shape index (κ1) is 14.1. The highest BCUT2D eigenvalue weighted by Gasteiger charge is 2.35. The van der Waals surface area contributed by atoms with Crippen LogP contribution in [-0.4, -0.2) is 42.5 Å². The molecule has 3 rings (SSSR count). The Morgan fingerprint density at radius 3 is 2.95 bits per heavy atom. The first-order valence-corrected chi connectivity index (χ1v) is 7.77. The van der Waals surface area contributed by atoms with Gasteiger partial charge < -0.3 is 4.74 Å². The van der Waals surface area contributed by atoms with Gasteiger partial charge in [0.2, 0.25) is 0 Å². The van der Waals surface area contributed by atoms with Gasteiger partial charge in [-0.05, 0) is 25.0 Å². The number of Topliss-reactive ketones (excluding diaryl/α,β-unsaturated/α-hetero) is 1. The van der Waals surface area contributed by atoms with Gasteiger partial charge in [0, 0.05) is 18.2 Å². The average molecular weight is 294 g/mol. The van der Waals surface area contributed by atoms with Crippen LogP contribution < -0.4 is 0 Å². The van der Waals surface area contributed by atoms with Crippen LogP contribution in [0.5, 0.6) is 0 Å². The van der Waals surface area contributed by atoms with Crippen LogP contribution in [0.25, 0.3) is 0 Å². The number of rotatable bonds is 3. The highest BCUT2D eigenvalue weighted by Crippen LogP contribution is 2.28. The summed E-state index contributed by atoms with van der Waals surface area (Å²) in [6.07, 6.45) is 5.06. The summed E-state index contributed by atoms with van der Waals surface area (Å²) in [6.45, 7) is 2.03. The number of morpholine rings is 1. The maximum atomic E-state index is 12.4. The molecule has 1 saturated carbocycles. The molecule has 0 N–H and O–H groups in total. The zero-order chi connectivity index (χ0) is 13.9. The smallest absolute Gasteiger partial charge is 0.178 e. The lowest BCUT2D eigenvalue weighted by Gasteiger charge is -2.43. The molecule has 0 radical (unpaired) electrons. The van der Waals surface area contributed by atoms with Gasteiger partial charge in [-0.1, -0.05) is 36.6 Å². The first-order chi connectivity index (χ1) is 9.75. The van der Waals surface area contributed by atoms with Crippen molar-refractivity contribution in [3.63, 3.8) is 0 Å². The minimum absolute atomic E-state index is 0.113. The van der Waals surface area contributed by atoms with Crippen molar-refractivity contribution >= 4 is 17.4 Å². The lowest BCUT2D eigenvalue weighted by molar-refractivity contribution is -0.0846. The lowest BCUT2D eigenvalue weighted by atomic mass is 9.90. The van der Waals surface area contributed by atoms with Gasteiger partial charge in [0.1, 0.15) is 0 Å². The second kappa shape index (κ2) is 6.25. The van der Waals surface area contributed by atoms with Crippen LogP contribution in [-0.2, 0) is 4.74 Å². The Kier molecular flexibility index (Phi) is 4.39. The van der Waals surface area contributed by atoms with Gasteiger partial charge in [-0.2, -0.15) is 0 Å². The summed E-state index contributed by atoms with van der Waals surface area (Å²) in [5.74, 6) is 0.113. The van der Waals surface area contributed by atoms with E-state index in [1.165, 1.54) is 12.8 Å². The number of ether oxygens (including phenoxy) is 1. The van der Waals surface area contributed by atoms with E-state index in [0.717, 1.165) is 26.0 Å². The Balaban J connectivity index is 1.70. The normalized spacial score (nSPS) is 27.1. The molecule has 1 aromatic carbocycles. The minimum Gasteiger partial charge on any atom is -0.375 e. The predicted octanol–water partition coefficient (Wildman–Crippen LogP) is 3.17. The van der Waals surface area contributed by atoms with Crippen molar-refractivity contribution in [2.75, 3.05) is 19.7 Å². The number of halogens is 1. The molecule has 1 saturated heterocycles. The van der Waals surface area contributed by atoms with Crippen LogP contribution in [0.2, 0.25) is 5.02 Å². The van der Waals surface area contributed by atoms with Crippen molar-refractivity contribution in [1.29, 1.82) is 0 Å². The SMILES string of the molecule is O=C(CN1CCOC2CCCCC21)c1ccccc1Cl. The average Bonchev–Trinajstić information content (AvgIpc) is 2.48. The number of fused-ring (bicyclic) bond motifs is 1. The van der Waals surface area contributed by atoms with Gasteiger partial charge in [-0.15, -0.1) is 0 Å². The third-order valence-corrected chi connectivity index (χ3v) is 4.70. The van der Waals surface area contributed by atoms with E-state index in [9.17, 15) is 4.79 Å². The first-order valence-electron chi connectivity index (χ1n) is 7.39. The summed E-state index contributed by atoms with van der Waals surface area (Å²) in [6, 6.07) is 7.71. The molecule has 1 heterocycles. The summed E-state index contributed by atoms with van der Waals surface area (Å²) >= 11 is 6.11. The van der Waals surface area contributed by atoms with Gasteiger partial charge in [0.05, 0.1) is 24.3 Å². The van der Waals surface area contributed by atoms with Crippen molar-refractivity contribution < 1.29 is 9.53 Å². The maximum absolute atomic E-state index is 12.4. The molecule has 4 heteroatoms. The molecule has 1 aliphatic heterocycles. The zero-order valence-electron chi connectivity index (χ0n) is 11.6. The Bertz CT molecular complexity index is 489. The van der Waals surface area contributed by atoms with Gasteiger partial charge in [-0.25, -0.2) is 0 Å². The molecule has 2 aliphatic rings. The standard InChI is InChI=1S/C16H20ClNO2/c17-13-6-2-1-5-12(13)15(19)11-18-9-10-20-16-8-4-3-7-14(16)18/h1-2,5-6,14,16H,3-4,7-11H2. The molecule has 2 atom stereocenters. The van der Waals surface area contributed by atoms with Gasteiger partial charge in [-0.3, -0.25) is 9.69 Å². The van der Waals surface area contributed by atoms with E-state index in [-0.39, 0.29) is 5.78 Å². The monoisotopic (exact) mass is 293 g/mol. The van der Waals surface area contributed by atoms with Crippen LogP contribution in [0.1, 0.15) is 36.0 Å². The molecule has 3 nitrogen and oxygen atoms in total. The van der Waals surface area contributed by atoms with Crippen molar-refractivity contribution in [1.82, 2.24) is 4.90 Å². The summed E-state index contributed by atoms with van der Waals surface area (Å²) in [4.78, 5) is 14.7. The number of benzene rings is 1. The van der Waals surface area contributed by atoms with Crippen LogP contribution in [0.15, 0.2) is 24.3 Å². The zero-order valence-corrected chi connectivity index (χ0v) is 12.3. The highest BCUT2D eigenvalue weighted by molar-refractivity contribution is 6.34. The molecular formula is C16H20ClNO2. The van der Waals surface area contributed by atoms with Gasteiger partial charge in [0.15, 0.2) is 5.78 Å². The van der Waals surface area contributed by atoms with E-state index < -0.39 is 0 Å². The molecular weight excluding hydrogens is 274 g/mol. The topological polar surface area (TPSA) is 29.5 Å². The third kappa shape index (κ3) is 2.90. The lowest BCUT2D eigenvalue weighted by Crippen LogP contribution is -2.53. The summed E-state index contributed by atoms with van der Waals surface area (Å²) in [5, 5.41) is 0.547. The third-order valence-electron chi connectivity index (χ3n) is 4.37. The van der Waals surface area contributed by atoms with Crippen LogP contribution in [0, 0.1) is 0 Å². The molecule has 1 aliphatic carbocycles. The molecule has 20 heavy (non-hydrogen) atoms. The molecule has 108 valence electrons. The molecule has 0 amide bonds. The van der Waals surface area contributed by atoms with E-state index in [2.05, 4.69) is 4.90 Å². The van der Waals surface area contributed by atoms with Crippen molar-refractivity contribution in [3.05, 3.63) is 34.9 Å². The predicted molar refractivity (Wildman–Crippen MR) is 79.4 cm³/mol. The van der Waals surface area contributed by atoms with E-state index in [0.29, 0.717) is 29.3 Å². The maximum Gasteiger partial charge on any atom is 0.178 e. The molecule has 2 unspecified atom stereocenters. The van der Waals surface area contributed by atoms with E-state index in [1.54, 1.807) is 6.07 Å². The number of carbonyl (C=O) groups excluding carboxylic acids is 1. The number of ketones is 1. The molecule has 1 aromatic rings. The number of hydrogen-bond acceptors (Lipinski definition) is 3. The van der Waals surface area contributed by atoms with Crippen LogP contribution >= 0.6 is 11.6 Å². The molecule has 2 fully saturated rings. The van der Waals surface area contributed by atoms with E-state index in [4.69, 9.17) is 16.3 Å². The summed E-state index contributed by atoms with van der Waals surface area (Å²) in [5.41, 5.74) is 0.632. The number of hydrogen-bond donors (Lipinski definition) is 0. The van der Waals surface area contributed by atoms with Crippen LogP contribution in [0.4, 0.5) is 0 Å². The minimum atomic E-state index is 0.113. The number of nitrogens with zero attached hydrogens (tertiary/aromatic N) is 1. The fraction of sp³-hybridized carbons (Fsp3) is 0.562. The summed E-state index contributed by atoms with van der Waals surface area (Å²) < 4.78 is 5.84. The fourth-order valence-electron chi connectivity index (χ4n) is 3.33. The Labute approximate surface area is 124 Å². The van der Waals surface area contributed by atoms with Gasteiger partial charge >= 0.3 is 0 Å². The summed E-state index contributed by atoms with van der Waals surface area (Å²) in [7, 11) is 0. The van der Waals surface area contributed by atoms with E-state index >= 15 is 0 Å². The quantitative estimate of drug-likeness (QED) is 0.802. The van der Waals surface area contributed by atoms with E-state index in [1.807, 2.05) is 18.2 Å². The van der Waals surface area contributed by atoms with Gasteiger partial charge in [0.25, 0.3) is 0 Å². The fourth-order valence-corrected chi connectivity index (χ4v) is 3.57. The second-order valence-electron chi connectivity index (χ2n) is 5.63. The van der Waals surface area contributed by atoms with Crippen molar-refractivity contribution in [2.45, 2.75) is 37.8 Å². The largest absolute Gasteiger partial charge is 0.375 e. The second-order valence-corrected chi connectivity index (χ2v) is 6.04. The van der Waals surface area contributed by atoms with Crippen LogP contribution in [0.3, 0.4) is 0 Å². The molecule has 0 bridgehead atoms.